The van der Waals surface area contributed by atoms with Crippen LogP contribution in [0.25, 0.3) is 0 Å². The summed E-state index contributed by atoms with van der Waals surface area (Å²) in [6, 6.07) is 0. The van der Waals surface area contributed by atoms with Gasteiger partial charge < -0.3 is 14.2 Å². The lowest BCUT2D eigenvalue weighted by atomic mass is 9.96. The van der Waals surface area contributed by atoms with Crippen LogP contribution in [0.4, 0.5) is 0 Å². The first kappa shape index (κ1) is 16.7. The molecule has 0 aliphatic carbocycles. The van der Waals surface area contributed by atoms with E-state index in [0.29, 0.717) is 26.3 Å². The molecule has 0 radical (unpaired) electrons. The molecule has 1 atom stereocenters. The van der Waals surface area contributed by atoms with Crippen molar-refractivity contribution in [2.75, 3.05) is 32.8 Å². The highest BCUT2D eigenvalue weighted by Gasteiger charge is 2.36. The van der Waals surface area contributed by atoms with Gasteiger partial charge in [-0.25, -0.2) is 9.97 Å². The molecule has 2 aliphatic rings. The molecule has 2 aromatic rings. The molecule has 0 aromatic carbocycles. The number of aromatic nitrogens is 3. The van der Waals surface area contributed by atoms with Crippen LogP contribution in [0.5, 0.6) is 0 Å². The lowest BCUT2D eigenvalue weighted by Crippen LogP contribution is -2.47. The van der Waals surface area contributed by atoms with Gasteiger partial charge in [0.05, 0.1) is 48.1 Å². The topological polar surface area (TPSA) is 63.5 Å². The van der Waals surface area contributed by atoms with Crippen molar-refractivity contribution in [3.63, 3.8) is 0 Å². The minimum atomic E-state index is -0.164. The van der Waals surface area contributed by atoms with E-state index in [1.807, 2.05) is 35.3 Å². The van der Waals surface area contributed by atoms with Crippen molar-refractivity contribution in [2.24, 2.45) is 7.05 Å². The normalized spacial score (nSPS) is 21.4. The molecule has 134 valence electrons. The van der Waals surface area contributed by atoms with Crippen LogP contribution in [0.2, 0.25) is 0 Å². The third-order valence-electron chi connectivity index (χ3n) is 5.04. The quantitative estimate of drug-likeness (QED) is 0.820. The van der Waals surface area contributed by atoms with Gasteiger partial charge >= 0.3 is 0 Å². The van der Waals surface area contributed by atoms with Crippen LogP contribution < -0.4 is 0 Å². The van der Waals surface area contributed by atoms with Crippen LogP contribution in [0.15, 0.2) is 11.8 Å². The third kappa shape index (κ3) is 3.21. The van der Waals surface area contributed by atoms with Crippen molar-refractivity contribution in [1.82, 2.24) is 24.3 Å². The van der Waals surface area contributed by atoms with E-state index in [2.05, 4.69) is 14.9 Å². The maximum atomic E-state index is 13.2. The van der Waals surface area contributed by atoms with Crippen molar-refractivity contribution in [3.05, 3.63) is 33.8 Å². The highest BCUT2D eigenvalue weighted by Crippen LogP contribution is 2.31. The van der Waals surface area contributed by atoms with Gasteiger partial charge in [0, 0.05) is 44.6 Å². The molecule has 4 heterocycles. The van der Waals surface area contributed by atoms with Gasteiger partial charge in [0.25, 0.3) is 0 Å². The van der Waals surface area contributed by atoms with Gasteiger partial charge in [-0.05, 0) is 6.92 Å². The van der Waals surface area contributed by atoms with Crippen LogP contribution in [0, 0.1) is 6.92 Å². The van der Waals surface area contributed by atoms with E-state index in [9.17, 15) is 4.79 Å². The van der Waals surface area contributed by atoms with Crippen LogP contribution >= 0.6 is 11.3 Å². The molecule has 1 fully saturated rings. The molecule has 1 saturated heterocycles. The summed E-state index contributed by atoms with van der Waals surface area (Å²) in [5, 5.41) is 0. The lowest BCUT2D eigenvalue weighted by Gasteiger charge is -2.36. The second-order valence-corrected chi connectivity index (χ2v) is 7.65. The number of hydrogen-bond acceptors (Lipinski definition) is 6. The highest BCUT2D eigenvalue weighted by atomic mass is 32.1. The molecule has 7 nitrogen and oxygen atoms in total. The second-order valence-electron chi connectivity index (χ2n) is 6.71. The summed E-state index contributed by atoms with van der Waals surface area (Å²) in [5.74, 6) is 0.0291. The molecular formula is C17H23N5O2S. The summed E-state index contributed by atoms with van der Waals surface area (Å²) in [5.41, 5.74) is 5.04. The fourth-order valence-electron chi connectivity index (χ4n) is 3.68. The van der Waals surface area contributed by atoms with E-state index in [1.165, 1.54) is 4.88 Å². The van der Waals surface area contributed by atoms with E-state index in [4.69, 9.17) is 4.74 Å². The lowest BCUT2D eigenvalue weighted by molar-refractivity contribution is -0.138. The first-order chi connectivity index (χ1) is 12.1. The van der Waals surface area contributed by atoms with Crippen molar-refractivity contribution in [1.29, 1.82) is 0 Å². The number of carbonyl (C=O) groups excluding carboxylic acids is 1. The first-order valence-electron chi connectivity index (χ1n) is 8.61. The third-order valence-corrected chi connectivity index (χ3v) is 5.96. The molecule has 0 spiro atoms. The Morgan fingerprint density at radius 1 is 1.36 bits per heavy atom. The average molecular weight is 361 g/mol. The van der Waals surface area contributed by atoms with Gasteiger partial charge in [0.2, 0.25) is 5.91 Å². The van der Waals surface area contributed by atoms with Gasteiger partial charge in [0.1, 0.15) is 0 Å². The van der Waals surface area contributed by atoms with Crippen LogP contribution in [0.3, 0.4) is 0 Å². The number of rotatable bonds is 3. The molecule has 2 aromatic heterocycles. The number of aryl methyl sites for hydroxylation is 2. The zero-order valence-corrected chi connectivity index (χ0v) is 15.5. The number of hydrogen-bond donors (Lipinski definition) is 0. The van der Waals surface area contributed by atoms with Gasteiger partial charge in [-0.15, -0.1) is 11.3 Å². The van der Waals surface area contributed by atoms with Crippen molar-refractivity contribution in [3.8, 4) is 0 Å². The average Bonchev–Trinajstić information content (AvgIpc) is 3.21. The largest absolute Gasteiger partial charge is 0.378 e. The molecule has 25 heavy (non-hydrogen) atoms. The maximum absolute atomic E-state index is 13.2. The molecule has 0 unspecified atom stereocenters. The molecule has 0 saturated carbocycles. The number of morpholine rings is 1. The monoisotopic (exact) mass is 361 g/mol. The van der Waals surface area contributed by atoms with Crippen LogP contribution in [-0.2, 0) is 29.7 Å². The zero-order chi connectivity index (χ0) is 17.4. The molecule has 2 aliphatic heterocycles. The highest BCUT2D eigenvalue weighted by molar-refractivity contribution is 7.09. The number of thiazole rings is 1. The number of nitrogens with zero attached hydrogens (tertiary/aromatic N) is 5. The van der Waals surface area contributed by atoms with Gasteiger partial charge in [-0.2, -0.15) is 0 Å². The number of ether oxygens (including phenoxy) is 1. The number of amides is 1. The molecule has 4 rings (SSSR count). The summed E-state index contributed by atoms with van der Waals surface area (Å²) >= 11 is 1.68. The molecule has 8 heteroatoms. The summed E-state index contributed by atoms with van der Waals surface area (Å²) < 4.78 is 7.40. The maximum Gasteiger partial charge on any atom is 0.233 e. The molecule has 1 amide bonds. The van der Waals surface area contributed by atoms with Crippen molar-refractivity contribution in [2.45, 2.75) is 25.9 Å². The van der Waals surface area contributed by atoms with Crippen molar-refractivity contribution < 1.29 is 9.53 Å². The van der Waals surface area contributed by atoms with Crippen LogP contribution in [-0.4, -0.2) is 63.1 Å². The van der Waals surface area contributed by atoms with Gasteiger partial charge in [-0.3, -0.25) is 9.69 Å². The zero-order valence-electron chi connectivity index (χ0n) is 14.6. The Balaban J connectivity index is 1.59. The Morgan fingerprint density at radius 3 is 2.88 bits per heavy atom. The predicted octanol–water partition coefficient (Wildman–Crippen LogP) is 1.14. The van der Waals surface area contributed by atoms with Crippen LogP contribution in [0.1, 0.15) is 27.9 Å². The SMILES string of the molecule is Cc1ncsc1CN1Cc2ncn(C)c2[C@H](C(=O)N2CCOCC2)C1. The number of imidazole rings is 1. The van der Waals surface area contributed by atoms with E-state index in [-0.39, 0.29) is 11.8 Å². The minimum absolute atomic E-state index is 0.164. The van der Waals surface area contributed by atoms with Crippen molar-refractivity contribution >= 4 is 17.2 Å². The first-order valence-corrected chi connectivity index (χ1v) is 9.49. The standard InChI is InChI=1S/C17H23N5O2S/c1-12-15(25-11-19-12)9-21-7-13(16-14(8-21)18-10-20(16)2)17(23)22-3-5-24-6-4-22/h10-11,13H,3-9H2,1-2H3/t13-/m1/s1. The fourth-order valence-corrected chi connectivity index (χ4v) is 4.50. The summed E-state index contributed by atoms with van der Waals surface area (Å²) in [7, 11) is 1.98. The number of fused-ring (bicyclic) bond motifs is 1. The van der Waals surface area contributed by atoms with E-state index in [0.717, 1.165) is 36.7 Å². The Hall–Kier alpha value is -1.77. The molecular weight excluding hydrogens is 338 g/mol. The molecule has 0 N–H and O–H groups in total. The summed E-state index contributed by atoms with van der Waals surface area (Å²) in [6.45, 7) is 6.96. The fraction of sp³-hybridized carbons (Fsp3) is 0.588. The predicted molar refractivity (Wildman–Crippen MR) is 94.3 cm³/mol. The van der Waals surface area contributed by atoms with E-state index in [1.54, 1.807) is 11.3 Å². The van der Waals surface area contributed by atoms with Gasteiger partial charge in [-0.1, -0.05) is 0 Å². The summed E-state index contributed by atoms with van der Waals surface area (Å²) in [6.07, 6.45) is 1.83. The smallest absolute Gasteiger partial charge is 0.233 e. The number of carbonyl (C=O) groups is 1. The Morgan fingerprint density at radius 2 is 2.16 bits per heavy atom. The van der Waals surface area contributed by atoms with E-state index < -0.39 is 0 Å². The van der Waals surface area contributed by atoms with E-state index >= 15 is 0 Å². The van der Waals surface area contributed by atoms with Gasteiger partial charge in [0.15, 0.2) is 0 Å². The Labute approximate surface area is 151 Å². The second kappa shape index (κ2) is 6.86. The minimum Gasteiger partial charge on any atom is -0.378 e. The Bertz CT molecular complexity index is 765. The summed E-state index contributed by atoms with van der Waals surface area (Å²) in [4.78, 5) is 27.6. The molecule has 0 bridgehead atoms. The Kier molecular flexibility index (Phi) is 4.58.